The van der Waals surface area contributed by atoms with Crippen LogP contribution in [0, 0.1) is 6.92 Å². The number of aryl methyl sites for hydroxylation is 1. The maximum atomic E-state index is 12.8. The van der Waals surface area contributed by atoms with Gasteiger partial charge in [-0.25, -0.2) is 0 Å². The molecule has 0 saturated carbocycles. The van der Waals surface area contributed by atoms with Gasteiger partial charge in [-0.1, -0.05) is 15.9 Å². The number of ether oxygens (including phenoxy) is 1. The average Bonchev–Trinajstić information content (AvgIpc) is 2.07. The van der Waals surface area contributed by atoms with E-state index < -0.39 is 15.1 Å². The SMILES string of the molecule is COc1cc(Br)c(C)cc1S(=O)(=O)F. The Bertz CT molecular complexity index is 456. The number of hydrogen-bond donors (Lipinski definition) is 0. The van der Waals surface area contributed by atoms with Crippen LogP contribution in [0.5, 0.6) is 5.75 Å². The molecular formula is C8H8BrFO3S. The van der Waals surface area contributed by atoms with Gasteiger partial charge >= 0.3 is 10.2 Å². The number of rotatable bonds is 2. The number of benzene rings is 1. The van der Waals surface area contributed by atoms with E-state index in [-0.39, 0.29) is 5.75 Å². The Morgan fingerprint density at radius 2 is 2.00 bits per heavy atom. The number of methoxy groups -OCH3 is 1. The highest BCUT2D eigenvalue weighted by Gasteiger charge is 2.19. The summed E-state index contributed by atoms with van der Waals surface area (Å²) in [5.74, 6) is -0.00928. The fourth-order valence-corrected chi connectivity index (χ4v) is 2.01. The van der Waals surface area contributed by atoms with E-state index in [0.29, 0.717) is 10.0 Å². The fourth-order valence-electron chi connectivity index (χ4n) is 0.987. The van der Waals surface area contributed by atoms with Gasteiger partial charge < -0.3 is 4.74 Å². The summed E-state index contributed by atoms with van der Waals surface area (Å²) < 4.78 is 39.6. The van der Waals surface area contributed by atoms with Crippen LogP contribution in [0.1, 0.15) is 5.56 Å². The zero-order valence-corrected chi connectivity index (χ0v) is 9.95. The molecule has 0 aliphatic carbocycles. The highest BCUT2D eigenvalue weighted by molar-refractivity contribution is 9.10. The summed E-state index contributed by atoms with van der Waals surface area (Å²) in [6, 6.07) is 2.64. The molecule has 0 N–H and O–H groups in total. The van der Waals surface area contributed by atoms with Crippen LogP contribution in [-0.4, -0.2) is 15.5 Å². The quantitative estimate of drug-likeness (QED) is 0.783. The lowest BCUT2D eigenvalue weighted by Gasteiger charge is -2.07. The van der Waals surface area contributed by atoms with E-state index in [1.165, 1.54) is 19.2 Å². The predicted octanol–water partition coefficient (Wildman–Crippen LogP) is 2.42. The summed E-state index contributed by atoms with van der Waals surface area (Å²) in [6.45, 7) is 1.66. The van der Waals surface area contributed by atoms with E-state index in [1.54, 1.807) is 6.92 Å². The van der Waals surface area contributed by atoms with E-state index in [2.05, 4.69) is 15.9 Å². The highest BCUT2D eigenvalue weighted by atomic mass is 79.9. The van der Waals surface area contributed by atoms with Crippen LogP contribution in [-0.2, 0) is 10.2 Å². The Morgan fingerprint density at radius 3 is 2.43 bits per heavy atom. The van der Waals surface area contributed by atoms with Gasteiger partial charge in [0.2, 0.25) is 0 Å². The first-order chi connectivity index (χ1) is 6.36. The van der Waals surface area contributed by atoms with Gasteiger partial charge in [0, 0.05) is 4.47 Å². The van der Waals surface area contributed by atoms with Crippen LogP contribution >= 0.6 is 15.9 Å². The molecule has 0 saturated heterocycles. The predicted molar refractivity (Wildman–Crippen MR) is 53.7 cm³/mol. The molecule has 0 fully saturated rings. The lowest BCUT2D eigenvalue weighted by atomic mass is 10.2. The lowest BCUT2D eigenvalue weighted by molar-refractivity contribution is 0.400. The normalized spacial score (nSPS) is 11.4. The smallest absolute Gasteiger partial charge is 0.335 e. The molecule has 1 rings (SSSR count). The molecule has 0 bridgehead atoms. The molecule has 0 aliphatic heterocycles. The van der Waals surface area contributed by atoms with Gasteiger partial charge in [-0.15, -0.1) is 3.89 Å². The fraction of sp³-hybridized carbons (Fsp3) is 0.250. The molecule has 0 unspecified atom stereocenters. The van der Waals surface area contributed by atoms with Crippen molar-refractivity contribution in [2.45, 2.75) is 11.8 Å². The molecule has 0 amide bonds. The molecule has 1 aromatic carbocycles. The van der Waals surface area contributed by atoms with Gasteiger partial charge in [-0.05, 0) is 24.6 Å². The van der Waals surface area contributed by atoms with Crippen LogP contribution in [0.25, 0.3) is 0 Å². The second-order valence-electron chi connectivity index (χ2n) is 2.69. The third kappa shape index (κ3) is 2.24. The minimum absolute atomic E-state index is 0.00928. The second-order valence-corrected chi connectivity index (χ2v) is 4.86. The third-order valence-electron chi connectivity index (χ3n) is 1.71. The van der Waals surface area contributed by atoms with E-state index in [1.807, 2.05) is 0 Å². The van der Waals surface area contributed by atoms with Gasteiger partial charge in [0.15, 0.2) is 0 Å². The van der Waals surface area contributed by atoms with Crippen molar-refractivity contribution in [3.63, 3.8) is 0 Å². The van der Waals surface area contributed by atoms with Crippen LogP contribution < -0.4 is 4.74 Å². The monoisotopic (exact) mass is 282 g/mol. The number of halogens is 2. The van der Waals surface area contributed by atoms with Gasteiger partial charge in [-0.2, -0.15) is 8.42 Å². The number of hydrogen-bond acceptors (Lipinski definition) is 3. The first kappa shape index (κ1) is 11.5. The first-order valence-electron chi connectivity index (χ1n) is 3.65. The van der Waals surface area contributed by atoms with Crippen molar-refractivity contribution in [1.29, 1.82) is 0 Å². The molecule has 6 heteroatoms. The molecule has 0 atom stereocenters. The summed E-state index contributed by atoms with van der Waals surface area (Å²) in [5, 5.41) is 0. The van der Waals surface area contributed by atoms with Crippen molar-refractivity contribution in [3.8, 4) is 5.75 Å². The van der Waals surface area contributed by atoms with E-state index >= 15 is 0 Å². The second kappa shape index (κ2) is 3.86. The van der Waals surface area contributed by atoms with Crippen molar-refractivity contribution in [1.82, 2.24) is 0 Å². The molecule has 0 radical (unpaired) electrons. The first-order valence-corrected chi connectivity index (χ1v) is 5.82. The average molecular weight is 283 g/mol. The van der Waals surface area contributed by atoms with Crippen LogP contribution in [0.2, 0.25) is 0 Å². The zero-order chi connectivity index (χ0) is 10.9. The van der Waals surface area contributed by atoms with E-state index in [4.69, 9.17) is 4.74 Å². The van der Waals surface area contributed by atoms with Gasteiger partial charge in [0.25, 0.3) is 0 Å². The Morgan fingerprint density at radius 1 is 1.43 bits per heavy atom. The maximum absolute atomic E-state index is 12.8. The Kier molecular flexibility index (Phi) is 3.16. The molecule has 0 aliphatic rings. The van der Waals surface area contributed by atoms with Crippen LogP contribution in [0.4, 0.5) is 3.89 Å². The molecule has 1 aromatic rings. The van der Waals surface area contributed by atoms with Gasteiger partial charge in [-0.3, -0.25) is 0 Å². The molecule has 0 spiro atoms. The summed E-state index contributed by atoms with van der Waals surface area (Å²) in [5.41, 5.74) is 0.627. The Labute approximate surface area is 90.2 Å². The van der Waals surface area contributed by atoms with Crippen molar-refractivity contribution in [2.24, 2.45) is 0 Å². The van der Waals surface area contributed by atoms with Crippen LogP contribution in [0.3, 0.4) is 0 Å². The molecule has 14 heavy (non-hydrogen) atoms. The minimum Gasteiger partial charge on any atom is -0.495 e. The molecule has 78 valence electrons. The standard InChI is InChI=1S/C8H8BrFO3S/c1-5-3-8(14(10,11)12)7(13-2)4-6(5)9/h3-4H,1-2H3. The summed E-state index contributed by atoms with van der Waals surface area (Å²) in [4.78, 5) is -0.444. The van der Waals surface area contributed by atoms with Crippen molar-refractivity contribution >= 4 is 26.2 Å². The Balaban J connectivity index is 3.51. The Hall–Kier alpha value is -0.620. The van der Waals surface area contributed by atoms with Crippen molar-refractivity contribution in [3.05, 3.63) is 22.2 Å². The van der Waals surface area contributed by atoms with Crippen molar-refractivity contribution < 1.29 is 17.0 Å². The van der Waals surface area contributed by atoms with Crippen molar-refractivity contribution in [2.75, 3.05) is 7.11 Å². The summed E-state index contributed by atoms with van der Waals surface area (Å²) >= 11 is 3.19. The van der Waals surface area contributed by atoms with Crippen LogP contribution in [0.15, 0.2) is 21.5 Å². The third-order valence-corrected chi connectivity index (χ3v) is 3.41. The highest BCUT2D eigenvalue weighted by Crippen LogP contribution is 2.31. The van der Waals surface area contributed by atoms with Gasteiger partial charge in [0.05, 0.1) is 7.11 Å². The molecule has 0 heterocycles. The van der Waals surface area contributed by atoms with Gasteiger partial charge in [0.1, 0.15) is 10.6 Å². The van der Waals surface area contributed by atoms with E-state index in [0.717, 1.165) is 0 Å². The molecule has 0 aromatic heterocycles. The zero-order valence-electron chi connectivity index (χ0n) is 7.54. The summed E-state index contributed by atoms with van der Waals surface area (Å²) in [7, 11) is -3.45. The summed E-state index contributed by atoms with van der Waals surface area (Å²) in [6.07, 6.45) is 0. The lowest BCUT2D eigenvalue weighted by Crippen LogP contribution is -1.98. The minimum atomic E-state index is -4.73. The molecule has 3 nitrogen and oxygen atoms in total. The molecular weight excluding hydrogens is 275 g/mol. The largest absolute Gasteiger partial charge is 0.495 e. The topological polar surface area (TPSA) is 43.4 Å². The van der Waals surface area contributed by atoms with E-state index in [9.17, 15) is 12.3 Å². The maximum Gasteiger partial charge on any atom is 0.335 e.